The number of aromatic nitrogens is 2. The van der Waals surface area contributed by atoms with Gasteiger partial charge in [0.2, 0.25) is 0 Å². The Hall–Kier alpha value is -0.820. The molecule has 1 aliphatic rings. The number of benzene rings is 1. The molecule has 0 bridgehead atoms. The van der Waals surface area contributed by atoms with E-state index in [0.717, 1.165) is 24.2 Å². The largest absolute Gasteiger partial charge is 0.399 e. The zero-order valence-electron chi connectivity index (χ0n) is 11.1. The van der Waals surface area contributed by atoms with Crippen molar-refractivity contribution in [1.82, 2.24) is 14.7 Å². The van der Waals surface area contributed by atoms with E-state index in [4.69, 9.17) is 5.73 Å². The molecule has 0 amide bonds. The van der Waals surface area contributed by atoms with E-state index < -0.39 is 0 Å². The van der Waals surface area contributed by atoms with E-state index in [1.54, 1.807) is 0 Å². The summed E-state index contributed by atoms with van der Waals surface area (Å²) >= 11 is 2.49. The van der Waals surface area contributed by atoms with Gasteiger partial charge in [0.25, 0.3) is 0 Å². The third-order valence-corrected chi connectivity index (χ3v) is 4.76. The second-order valence-electron chi connectivity index (χ2n) is 5.25. The predicted octanol–water partition coefficient (Wildman–Crippen LogP) is 3.04. The van der Waals surface area contributed by atoms with Crippen molar-refractivity contribution in [3.63, 3.8) is 0 Å². The van der Waals surface area contributed by atoms with E-state index in [0.29, 0.717) is 10.1 Å². The zero-order valence-corrected chi connectivity index (χ0v) is 13.2. The number of rotatable bonds is 2. The topological polar surface area (TPSA) is 47.1 Å². The van der Waals surface area contributed by atoms with Gasteiger partial charge in [-0.15, -0.1) is 0 Å². The Morgan fingerprint density at radius 3 is 2.79 bits per heavy atom. The summed E-state index contributed by atoms with van der Waals surface area (Å²) in [7, 11) is 0. The van der Waals surface area contributed by atoms with Gasteiger partial charge in [-0.05, 0) is 38.0 Å². The molecule has 5 heteroatoms. The fourth-order valence-corrected chi connectivity index (χ4v) is 3.41. The molecule has 1 aromatic heterocycles. The first-order valence-corrected chi connectivity index (χ1v) is 8.00. The van der Waals surface area contributed by atoms with Crippen molar-refractivity contribution in [1.29, 1.82) is 0 Å². The van der Waals surface area contributed by atoms with Crippen LogP contribution < -0.4 is 5.73 Å². The van der Waals surface area contributed by atoms with Crippen LogP contribution >= 0.6 is 22.6 Å². The first-order valence-electron chi connectivity index (χ1n) is 6.76. The third kappa shape index (κ3) is 2.58. The SMILES string of the molecule is CC(I)N1CCC(n2ncc3cc(N)ccc32)CC1. The summed E-state index contributed by atoms with van der Waals surface area (Å²) in [6, 6.07) is 6.57. The maximum absolute atomic E-state index is 5.82. The van der Waals surface area contributed by atoms with Crippen LogP contribution in [0.5, 0.6) is 0 Å². The second kappa shape index (κ2) is 5.28. The molecule has 1 aliphatic heterocycles. The van der Waals surface area contributed by atoms with E-state index in [-0.39, 0.29) is 0 Å². The fraction of sp³-hybridized carbons (Fsp3) is 0.500. The van der Waals surface area contributed by atoms with Crippen molar-refractivity contribution < 1.29 is 0 Å². The summed E-state index contributed by atoms with van der Waals surface area (Å²) in [5, 5.41) is 5.71. The minimum Gasteiger partial charge on any atom is -0.399 e. The lowest BCUT2D eigenvalue weighted by molar-refractivity contribution is 0.183. The number of halogens is 1. The molecule has 3 rings (SSSR count). The van der Waals surface area contributed by atoms with Gasteiger partial charge >= 0.3 is 0 Å². The van der Waals surface area contributed by atoms with Gasteiger partial charge in [0.1, 0.15) is 0 Å². The van der Waals surface area contributed by atoms with E-state index in [1.165, 1.54) is 18.4 Å². The highest BCUT2D eigenvalue weighted by molar-refractivity contribution is 14.1. The molecule has 102 valence electrons. The van der Waals surface area contributed by atoms with Crippen LogP contribution in [0.4, 0.5) is 5.69 Å². The number of piperidine rings is 1. The normalized spacial score (nSPS) is 19.9. The molecule has 1 atom stereocenters. The van der Waals surface area contributed by atoms with Crippen molar-refractivity contribution in [2.24, 2.45) is 0 Å². The minimum absolute atomic E-state index is 0.521. The van der Waals surface area contributed by atoms with Crippen LogP contribution in [-0.4, -0.2) is 31.8 Å². The number of nitrogen functional groups attached to an aromatic ring is 1. The van der Waals surface area contributed by atoms with E-state index in [1.807, 2.05) is 18.3 Å². The van der Waals surface area contributed by atoms with Crippen molar-refractivity contribution >= 4 is 39.2 Å². The van der Waals surface area contributed by atoms with E-state index in [9.17, 15) is 0 Å². The van der Waals surface area contributed by atoms with Crippen LogP contribution in [0.25, 0.3) is 10.9 Å². The van der Waals surface area contributed by atoms with Gasteiger partial charge in [-0.2, -0.15) is 5.10 Å². The summed E-state index contributed by atoms with van der Waals surface area (Å²) < 4.78 is 2.80. The van der Waals surface area contributed by atoms with Gasteiger partial charge in [0, 0.05) is 24.2 Å². The average molecular weight is 370 g/mol. The lowest BCUT2D eigenvalue weighted by Crippen LogP contribution is -2.37. The number of nitrogens with two attached hydrogens (primary N) is 1. The number of nitrogens with zero attached hydrogens (tertiary/aromatic N) is 3. The van der Waals surface area contributed by atoms with Crippen LogP contribution in [0.1, 0.15) is 25.8 Å². The summed E-state index contributed by atoms with van der Waals surface area (Å²) in [6.45, 7) is 4.57. The number of hydrogen-bond donors (Lipinski definition) is 1. The highest BCUT2D eigenvalue weighted by Crippen LogP contribution is 2.28. The monoisotopic (exact) mass is 370 g/mol. The minimum atomic E-state index is 0.521. The molecule has 2 aromatic rings. The highest BCUT2D eigenvalue weighted by Gasteiger charge is 2.23. The molecule has 1 fully saturated rings. The van der Waals surface area contributed by atoms with Crippen molar-refractivity contribution in [3.8, 4) is 0 Å². The summed E-state index contributed by atoms with van der Waals surface area (Å²) in [5.41, 5.74) is 7.83. The molecular weight excluding hydrogens is 351 g/mol. The number of anilines is 1. The first kappa shape index (κ1) is 13.2. The van der Waals surface area contributed by atoms with Gasteiger partial charge in [0.05, 0.1) is 21.8 Å². The van der Waals surface area contributed by atoms with Crippen LogP contribution in [0, 0.1) is 0 Å². The number of likely N-dealkylation sites (tertiary alicyclic amines) is 1. The van der Waals surface area contributed by atoms with Gasteiger partial charge in [-0.1, -0.05) is 22.6 Å². The second-order valence-corrected chi connectivity index (χ2v) is 7.05. The Kier molecular flexibility index (Phi) is 3.66. The number of hydrogen-bond acceptors (Lipinski definition) is 3. The Morgan fingerprint density at radius 1 is 1.37 bits per heavy atom. The first-order chi connectivity index (χ1) is 9.15. The Bertz CT molecular complexity index is 570. The number of fused-ring (bicyclic) bond motifs is 1. The third-order valence-electron chi connectivity index (χ3n) is 3.97. The van der Waals surface area contributed by atoms with Gasteiger partial charge < -0.3 is 5.73 Å². The van der Waals surface area contributed by atoms with Crippen LogP contribution in [0.2, 0.25) is 0 Å². The molecule has 2 heterocycles. The maximum atomic E-state index is 5.82. The smallest absolute Gasteiger partial charge is 0.0687 e. The molecule has 19 heavy (non-hydrogen) atoms. The molecule has 0 spiro atoms. The zero-order chi connectivity index (χ0) is 13.4. The summed E-state index contributed by atoms with van der Waals surface area (Å²) in [5.74, 6) is 0. The van der Waals surface area contributed by atoms with Gasteiger partial charge in [0.15, 0.2) is 0 Å². The molecule has 0 radical (unpaired) electrons. The molecule has 1 aromatic carbocycles. The summed E-state index contributed by atoms with van der Waals surface area (Å²) in [6.07, 6.45) is 4.28. The highest BCUT2D eigenvalue weighted by atomic mass is 127. The summed E-state index contributed by atoms with van der Waals surface area (Å²) in [4.78, 5) is 2.53. The maximum Gasteiger partial charge on any atom is 0.0687 e. The number of alkyl halides is 1. The van der Waals surface area contributed by atoms with Crippen LogP contribution in [0.3, 0.4) is 0 Å². The predicted molar refractivity (Wildman–Crippen MR) is 87.5 cm³/mol. The molecule has 0 aliphatic carbocycles. The Morgan fingerprint density at radius 2 is 2.11 bits per heavy atom. The van der Waals surface area contributed by atoms with Gasteiger partial charge in [-0.3, -0.25) is 9.58 Å². The fourth-order valence-electron chi connectivity index (χ4n) is 2.85. The van der Waals surface area contributed by atoms with E-state index in [2.05, 4.69) is 50.3 Å². The molecular formula is C14H19IN4. The van der Waals surface area contributed by atoms with Crippen molar-refractivity contribution in [3.05, 3.63) is 24.4 Å². The lowest BCUT2D eigenvalue weighted by atomic mass is 10.1. The van der Waals surface area contributed by atoms with Crippen molar-refractivity contribution in [2.75, 3.05) is 18.8 Å². The molecule has 1 saturated heterocycles. The molecule has 4 nitrogen and oxygen atoms in total. The Balaban J connectivity index is 1.82. The van der Waals surface area contributed by atoms with Crippen LogP contribution in [-0.2, 0) is 0 Å². The van der Waals surface area contributed by atoms with Crippen LogP contribution in [0.15, 0.2) is 24.4 Å². The Labute approximate surface area is 127 Å². The average Bonchev–Trinajstić information content (AvgIpc) is 2.81. The standard InChI is InChI=1S/C14H19IN4/c1-10(15)18-6-4-13(5-7-18)19-14-3-2-12(16)8-11(14)9-17-19/h2-3,8-10,13H,4-7,16H2,1H3. The lowest BCUT2D eigenvalue weighted by Gasteiger charge is -2.34. The quantitative estimate of drug-likeness (QED) is 0.383. The molecule has 2 N–H and O–H groups in total. The molecule has 1 unspecified atom stereocenters. The van der Waals surface area contributed by atoms with Crippen molar-refractivity contribution in [2.45, 2.75) is 29.9 Å². The van der Waals surface area contributed by atoms with Gasteiger partial charge in [-0.25, -0.2) is 0 Å². The molecule has 0 saturated carbocycles. The van der Waals surface area contributed by atoms with E-state index >= 15 is 0 Å².